The fraction of sp³-hybridized carbons (Fsp3) is 0.0172. The monoisotopic (exact) mass is 788 g/mol. The zero-order chi connectivity index (χ0) is 40.8. The number of aromatic nitrogens is 4. The molecule has 11 aromatic rings. The van der Waals surface area contributed by atoms with E-state index in [1.165, 1.54) is 72.0 Å². The minimum absolute atomic E-state index is 0.525. The van der Waals surface area contributed by atoms with Gasteiger partial charge in [0.15, 0.2) is 17.5 Å². The molecule has 0 radical (unpaired) electrons. The molecule has 0 saturated carbocycles. The molecule has 2 aromatic heterocycles. The Balaban J connectivity index is 1.02. The van der Waals surface area contributed by atoms with Crippen molar-refractivity contribution >= 4 is 21.8 Å². The summed E-state index contributed by atoms with van der Waals surface area (Å²) >= 11 is 0. The average molecular weight is 789 g/mol. The molecule has 0 fully saturated rings. The van der Waals surface area contributed by atoms with Gasteiger partial charge in [-0.2, -0.15) is 0 Å². The lowest BCUT2D eigenvalue weighted by molar-refractivity contribution is 0.748. The molecule has 1 unspecified atom stereocenters. The van der Waals surface area contributed by atoms with Crippen LogP contribution in [0.5, 0.6) is 0 Å². The Morgan fingerprint density at radius 3 is 1.60 bits per heavy atom. The number of benzene rings is 9. The Morgan fingerprint density at radius 2 is 0.823 bits per heavy atom. The lowest BCUT2D eigenvalue weighted by Crippen LogP contribution is -2.33. The highest BCUT2D eigenvalue weighted by Crippen LogP contribution is 2.62. The van der Waals surface area contributed by atoms with Crippen LogP contribution in [0.15, 0.2) is 218 Å². The highest BCUT2D eigenvalue weighted by molar-refractivity contribution is 6.13. The predicted molar refractivity (Wildman–Crippen MR) is 252 cm³/mol. The van der Waals surface area contributed by atoms with Crippen molar-refractivity contribution in [1.29, 1.82) is 0 Å². The van der Waals surface area contributed by atoms with Crippen LogP contribution in [0.4, 0.5) is 0 Å². The summed E-state index contributed by atoms with van der Waals surface area (Å²) < 4.78 is 2.51. The maximum absolute atomic E-state index is 5.08. The fourth-order valence-corrected chi connectivity index (χ4v) is 10.6. The molecule has 1 aliphatic heterocycles. The molecule has 4 heteroatoms. The lowest BCUT2D eigenvalue weighted by atomic mass is 9.65. The Morgan fingerprint density at radius 1 is 0.323 bits per heavy atom. The molecule has 1 spiro atoms. The number of hydrogen-bond donors (Lipinski definition) is 0. The molecule has 0 amide bonds. The summed E-state index contributed by atoms with van der Waals surface area (Å²) in [5, 5.41) is 2.56. The van der Waals surface area contributed by atoms with Gasteiger partial charge in [0.1, 0.15) is 0 Å². The van der Waals surface area contributed by atoms with Gasteiger partial charge in [-0.1, -0.05) is 200 Å². The SMILES string of the molecule is c1ccc(-c2nc(-c3ccccc3)nc(-c3cccc(-c4ccccc4-c4cccc5c4-c4ccccc4C54c5ccccc5-n5c6ccccc6c6cccc4c65)c3)n2)cc1. The zero-order valence-electron chi connectivity index (χ0n) is 33.6. The molecule has 1 atom stereocenters. The van der Waals surface area contributed by atoms with Crippen LogP contribution in [0.25, 0.3) is 95.0 Å². The minimum Gasteiger partial charge on any atom is -0.309 e. The topological polar surface area (TPSA) is 43.6 Å². The van der Waals surface area contributed by atoms with Crippen LogP contribution in [0.3, 0.4) is 0 Å². The van der Waals surface area contributed by atoms with Crippen molar-refractivity contribution in [1.82, 2.24) is 19.5 Å². The Bertz CT molecular complexity index is 3530. The predicted octanol–water partition coefficient (Wildman–Crippen LogP) is 14.0. The van der Waals surface area contributed by atoms with Crippen LogP contribution in [0, 0.1) is 0 Å². The van der Waals surface area contributed by atoms with Crippen molar-refractivity contribution in [3.8, 4) is 73.2 Å². The summed E-state index contributed by atoms with van der Waals surface area (Å²) in [4.78, 5) is 15.1. The Kier molecular flexibility index (Phi) is 7.49. The van der Waals surface area contributed by atoms with Crippen molar-refractivity contribution in [2.45, 2.75) is 5.41 Å². The molecule has 4 nitrogen and oxygen atoms in total. The van der Waals surface area contributed by atoms with Crippen LogP contribution in [0.2, 0.25) is 0 Å². The van der Waals surface area contributed by atoms with Gasteiger partial charge in [-0.15, -0.1) is 0 Å². The summed E-state index contributed by atoms with van der Waals surface area (Å²) in [6, 6.07) is 78.7. The molecule has 288 valence electrons. The molecule has 13 rings (SSSR count). The van der Waals surface area contributed by atoms with Crippen molar-refractivity contribution in [2.75, 3.05) is 0 Å². The van der Waals surface area contributed by atoms with E-state index in [2.05, 4.69) is 162 Å². The van der Waals surface area contributed by atoms with E-state index in [1.807, 2.05) is 60.7 Å². The van der Waals surface area contributed by atoms with E-state index >= 15 is 0 Å². The van der Waals surface area contributed by atoms with E-state index in [4.69, 9.17) is 15.0 Å². The summed E-state index contributed by atoms with van der Waals surface area (Å²) in [5.41, 5.74) is 18.5. The first kappa shape index (κ1) is 34.6. The second-order valence-corrected chi connectivity index (χ2v) is 16.3. The van der Waals surface area contributed by atoms with Gasteiger partial charge in [-0.25, -0.2) is 15.0 Å². The summed E-state index contributed by atoms with van der Waals surface area (Å²) in [6.07, 6.45) is 0. The van der Waals surface area contributed by atoms with Gasteiger partial charge in [0.2, 0.25) is 0 Å². The van der Waals surface area contributed by atoms with Crippen LogP contribution in [-0.2, 0) is 5.41 Å². The number of fused-ring (bicyclic) bond motifs is 12. The van der Waals surface area contributed by atoms with Crippen LogP contribution < -0.4 is 0 Å². The third-order valence-electron chi connectivity index (χ3n) is 13.1. The quantitative estimate of drug-likeness (QED) is 0.174. The van der Waals surface area contributed by atoms with Crippen LogP contribution >= 0.6 is 0 Å². The van der Waals surface area contributed by atoms with Crippen molar-refractivity contribution in [3.05, 3.63) is 241 Å². The van der Waals surface area contributed by atoms with Gasteiger partial charge in [0.05, 0.1) is 22.1 Å². The van der Waals surface area contributed by atoms with Gasteiger partial charge < -0.3 is 4.57 Å². The number of nitrogens with zero attached hydrogens (tertiary/aromatic N) is 4. The highest BCUT2D eigenvalue weighted by atomic mass is 15.0. The van der Waals surface area contributed by atoms with Crippen LogP contribution in [0.1, 0.15) is 22.3 Å². The Hall–Kier alpha value is -8.21. The maximum Gasteiger partial charge on any atom is 0.164 e. The minimum atomic E-state index is -0.525. The molecule has 1 aliphatic carbocycles. The molecule has 2 aliphatic rings. The Labute approximate surface area is 359 Å². The molecule has 3 heterocycles. The van der Waals surface area contributed by atoms with Crippen molar-refractivity contribution < 1.29 is 0 Å². The number of rotatable bonds is 5. The number of hydrogen-bond acceptors (Lipinski definition) is 3. The van der Waals surface area contributed by atoms with Gasteiger partial charge in [0.25, 0.3) is 0 Å². The largest absolute Gasteiger partial charge is 0.309 e. The first-order chi connectivity index (χ1) is 30.8. The van der Waals surface area contributed by atoms with Crippen LogP contribution in [-0.4, -0.2) is 19.5 Å². The normalized spacial score (nSPS) is 14.5. The molecule has 0 saturated heterocycles. The third kappa shape index (κ3) is 4.86. The standard InChI is InChI=1S/C58H36N4/c1-3-18-37(19-4-1)55-59-56(38-20-5-2-6-21-38)61-57(60-55)40-23-15-22-39(36-40)41-24-7-8-25-42(41)44-28-16-32-49-53(44)46-27-9-11-30-47(46)58(49)48-31-12-14-35-52(48)62-51-34-13-10-26-43(51)45-29-17-33-50(58)54(45)62/h1-36H. The van der Waals surface area contributed by atoms with Gasteiger partial charge in [-0.05, 0) is 73.8 Å². The average Bonchev–Trinajstić information content (AvgIpc) is 3.85. The van der Waals surface area contributed by atoms with E-state index in [1.54, 1.807) is 0 Å². The van der Waals surface area contributed by atoms with Crippen molar-refractivity contribution in [3.63, 3.8) is 0 Å². The third-order valence-corrected chi connectivity index (χ3v) is 13.1. The van der Waals surface area contributed by atoms with Gasteiger partial charge in [0, 0.05) is 27.5 Å². The van der Waals surface area contributed by atoms with Gasteiger partial charge in [-0.3, -0.25) is 0 Å². The summed E-state index contributed by atoms with van der Waals surface area (Å²) in [7, 11) is 0. The second kappa shape index (κ2) is 13.4. The summed E-state index contributed by atoms with van der Waals surface area (Å²) in [5.74, 6) is 1.93. The first-order valence-corrected chi connectivity index (χ1v) is 21.2. The lowest BCUT2D eigenvalue weighted by Gasteiger charge is -2.39. The van der Waals surface area contributed by atoms with E-state index < -0.39 is 5.41 Å². The zero-order valence-corrected chi connectivity index (χ0v) is 33.6. The van der Waals surface area contributed by atoms with E-state index in [0.717, 1.165) is 27.8 Å². The van der Waals surface area contributed by atoms with Gasteiger partial charge >= 0.3 is 0 Å². The van der Waals surface area contributed by atoms with E-state index in [9.17, 15) is 0 Å². The second-order valence-electron chi connectivity index (χ2n) is 16.3. The molecule has 0 N–H and O–H groups in total. The van der Waals surface area contributed by atoms with Crippen molar-refractivity contribution in [2.24, 2.45) is 0 Å². The summed E-state index contributed by atoms with van der Waals surface area (Å²) in [6.45, 7) is 0. The molecule has 62 heavy (non-hydrogen) atoms. The molecular formula is C58H36N4. The highest BCUT2D eigenvalue weighted by Gasteiger charge is 2.51. The molecule has 9 aromatic carbocycles. The smallest absolute Gasteiger partial charge is 0.164 e. The fourth-order valence-electron chi connectivity index (χ4n) is 10.6. The first-order valence-electron chi connectivity index (χ1n) is 21.2. The van der Waals surface area contributed by atoms with E-state index in [-0.39, 0.29) is 0 Å². The molecular weight excluding hydrogens is 753 g/mol. The maximum atomic E-state index is 5.08. The number of para-hydroxylation sites is 3. The van der Waals surface area contributed by atoms with E-state index in [0.29, 0.717) is 17.5 Å². The molecule has 0 bridgehead atoms.